The molecule has 0 aliphatic rings. The first kappa shape index (κ1) is 17.7. The smallest absolute Gasteiger partial charge is 0.337 e. The summed E-state index contributed by atoms with van der Waals surface area (Å²) in [6.45, 7) is -0.159. The van der Waals surface area contributed by atoms with Gasteiger partial charge >= 0.3 is 5.97 Å². The number of halogens is 1. The Morgan fingerprint density at radius 3 is 2.12 bits per heavy atom. The second-order valence-corrected chi connectivity index (χ2v) is 5.72. The topological polar surface area (TPSA) is 84.5 Å². The molecule has 2 rings (SSSR count). The number of nitrogens with one attached hydrogen (secondary N) is 2. The number of ether oxygens (including phenoxy) is 1. The van der Waals surface area contributed by atoms with E-state index >= 15 is 0 Å². The molecule has 6 nitrogen and oxygen atoms in total. The molecule has 124 valence electrons. The third kappa shape index (κ3) is 4.92. The summed E-state index contributed by atoms with van der Waals surface area (Å²) in [7, 11) is 1.30. The summed E-state index contributed by atoms with van der Waals surface area (Å²) in [5.41, 5.74) is 1.37. The number of hydrogen-bond acceptors (Lipinski definition) is 4. The van der Waals surface area contributed by atoms with Crippen molar-refractivity contribution in [1.29, 1.82) is 0 Å². The summed E-state index contributed by atoms with van der Waals surface area (Å²) in [6, 6.07) is 13.1. The van der Waals surface area contributed by atoms with E-state index in [0.29, 0.717) is 16.8 Å². The Bertz CT molecular complexity index is 742. The highest BCUT2D eigenvalue weighted by Gasteiger charge is 2.09. The van der Waals surface area contributed by atoms with Crippen molar-refractivity contribution in [1.82, 2.24) is 5.32 Å². The zero-order valence-corrected chi connectivity index (χ0v) is 14.4. The quantitative estimate of drug-likeness (QED) is 0.768. The number of methoxy groups -OCH3 is 1. The number of benzene rings is 2. The highest BCUT2D eigenvalue weighted by atomic mass is 79.9. The van der Waals surface area contributed by atoms with Gasteiger partial charge in [0.2, 0.25) is 5.91 Å². The van der Waals surface area contributed by atoms with E-state index in [9.17, 15) is 14.4 Å². The first-order valence-electron chi connectivity index (χ1n) is 7.01. The van der Waals surface area contributed by atoms with E-state index in [1.807, 2.05) is 0 Å². The lowest BCUT2D eigenvalue weighted by Gasteiger charge is -2.08. The van der Waals surface area contributed by atoms with E-state index in [1.54, 1.807) is 48.5 Å². The molecule has 0 fully saturated rings. The van der Waals surface area contributed by atoms with Gasteiger partial charge in [0.1, 0.15) is 0 Å². The lowest BCUT2D eigenvalue weighted by Crippen LogP contribution is -2.32. The number of carbonyl (C=O) groups excluding carboxylic acids is 3. The number of carbonyl (C=O) groups is 3. The molecular weight excluding hydrogens is 376 g/mol. The summed E-state index contributed by atoms with van der Waals surface area (Å²) in [4.78, 5) is 35.1. The molecular formula is C17H15BrN2O4. The minimum atomic E-state index is -0.449. The molecule has 2 amide bonds. The van der Waals surface area contributed by atoms with Crippen LogP contribution in [0.1, 0.15) is 20.7 Å². The molecule has 0 spiro atoms. The molecule has 0 unspecified atom stereocenters. The van der Waals surface area contributed by atoms with E-state index in [2.05, 4.69) is 31.3 Å². The fraction of sp³-hybridized carbons (Fsp3) is 0.118. The molecule has 0 radical (unpaired) electrons. The average molecular weight is 391 g/mol. The van der Waals surface area contributed by atoms with Gasteiger partial charge < -0.3 is 15.4 Å². The lowest BCUT2D eigenvalue weighted by atomic mass is 10.2. The minimum absolute atomic E-state index is 0.159. The van der Waals surface area contributed by atoms with Crippen LogP contribution in [0.3, 0.4) is 0 Å². The number of hydrogen-bond donors (Lipinski definition) is 2. The summed E-state index contributed by atoms with van der Waals surface area (Å²) in [5.74, 6) is -1.15. The van der Waals surface area contributed by atoms with Crippen LogP contribution in [-0.2, 0) is 9.53 Å². The number of esters is 1. The average Bonchev–Trinajstić information content (AvgIpc) is 2.60. The van der Waals surface area contributed by atoms with Gasteiger partial charge in [0.15, 0.2) is 0 Å². The van der Waals surface area contributed by atoms with E-state index in [-0.39, 0.29) is 18.4 Å². The third-order valence-corrected chi connectivity index (χ3v) is 3.63. The van der Waals surface area contributed by atoms with Crippen LogP contribution >= 0.6 is 15.9 Å². The number of rotatable bonds is 5. The molecule has 24 heavy (non-hydrogen) atoms. The van der Waals surface area contributed by atoms with Crippen LogP contribution in [0.5, 0.6) is 0 Å². The Labute approximate surface area is 147 Å². The molecule has 0 heterocycles. The van der Waals surface area contributed by atoms with Crippen LogP contribution in [0.25, 0.3) is 0 Å². The van der Waals surface area contributed by atoms with Gasteiger partial charge in [-0.15, -0.1) is 0 Å². The van der Waals surface area contributed by atoms with Gasteiger partial charge in [-0.05, 0) is 48.5 Å². The Morgan fingerprint density at radius 2 is 1.54 bits per heavy atom. The minimum Gasteiger partial charge on any atom is -0.465 e. The van der Waals surface area contributed by atoms with Crippen molar-refractivity contribution in [2.75, 3.05) is 19.0 Å². The normalized spacial score (nSPS) is 9.92. The van der Waals surface area contributed by atoms with Crippen molar-refractivity contribution in [2.45, 2.75) is 0 Å². The first-order chi connectivity index (χ1) is 11.5. The van der Waals surface area contributed by atoms with E-state index in [4.69, 9.17) is 0 Å². The van der Waals surface area contributed by atoms with Crippen LogP contribution < -0.4 is 10.6 Å². The maximum Gasteiger partial charge on any atom is 0.337 e. The third-order valence-electron chi connectivity index (χ3n) is 3.11. The van der Waals surface area contributed by atoms with Crippen LogP contribution in [0.15, 0.2) is 53.0 Å². The van der Waals surface area contributed by atoms with Crippen LogP contribution in [0, 0.1) is 0 Å². The molecule has 2 aromatic rings. The molecule has 7 heteroatoms. The Kier molecular flexibility index (Phi) is 6.08. The van der Waals surface area contributed by atoms with Crippen LogP contribution in [0.2, 0.25) is 0 Å². The molecule has 0 bridgehead atoms. The molecule has 0 aliphatic heterocycles. The second-order valence-electron chi connectivity index (χ2n) is 4.81. The zero-order chi connectivity index (χ0) is 17.5. The molecule has 0 aromatic heterocycles. The van der Waals surface area contributed by atoms with Gasteiger partial charge in [-0.2, -0.15) is 0 Å². The molecule has 2 N–H and O–H groups in total. The lowest BCUT2D eigenvalue weighted by molar-refractivity contribution is -0.115. The zero-order valence-electron chi connectivity index (χ0n) is 12.8. The Morgan fingerprint density at radius 1 is 0.958 bits per heavy atom. The summed E-state index contributed by atoms with van der Waals surface area (Å²) >= 11 is 3.29. The summed E-state index contributed by atoms with van der Waals surface area (Å²) in [6.07, 6.45) is 0. The van der Waals surface area contributed by atoms with Gasteiger partial charge in [-0.3, -0.25) is 9.59 Å². The standard InChI is InChI=1S/C17H15BrN2O4/c1-24-17(23)12-4-8-14(9-5-12)20-15(21)10-19-16(22)11-2-6-13(18)7-3-11/h2-9H,10H2,1H3,(H,19,22)(H,20,21). The van der Waals surface area contributed by atoms with Crippen molar-refractivity contribution >= 4 is 39.4 Å². The summed E-state index contributed by atoms with van der Waals surface area (Å²) < 4.78 is 5.46. The maximum absolute atomic E-state index is 11.9. The fourth-order valence-electron chi connectivity index (χ4n) is 1.88. The summed E-state index contributed by atoms with van der Waals surface area (Å²) in [5, 5.41) is 5.17. The van der Waals surface area contributed by atoms with E-state index in [0.717, 1.165) is 4.47 Å². The monoisotopic (exact) mass is 390 g/mol. The van der Waals surface area contributed by atoms with Gasteiger partial charge in [0.25, 0.3) is 5.91 Å². The number of amides is 2. The van der Waals surface area contributed by atoms with Crippen LogP contribution in [-0.4, -0.2) is 31.4 Å². The predicted octanol–water partition coefficient (Wildman–Crippen LogP) is 2.60. The Balaban J connectivity index is 1.85. The van der Waals surface area contributed by atoms with Crippen LogP contribution in [0.4, 0.5) is 5.69 Å². The highest BCUT2D eigenvalue weighted by Crippen LogP contribution is 2.11. The SMILES string of the molecule is COC(=O)c1ccc(NC(=O)CNC(=O)c2ccc(Br)cc2)cc1. The number of anilines is 1. The largest absolute Gasteiger partial charge is 0.465 e. The predicted molar refractivity (Wildman–Crippen MR) is 92.9 cm³/mol. The maximum atomic E-state index is 11.9. The van der Waals surface area contributed by atoms with Crippen molar-refractivity contribution in [3.05, 3.63) is 64.1 Å². The van der Waals surface area contributed by atoms with Crippen molar-refractivity contribution in [2.24, 2.45) is 0 Å². The van der Waals surface area contributed by atoms with E-state index < -0.39 is 5.97 Å². The highest BCUT2D eigenvalue weighted by molar-refractivity contribution is 9.10. The van der Waals surface area contributed by atoms with Crippen molar-refractivity contribution in [3.63, 3.8) is 0 Å². The fourth-order valence-corrected chi connectivity index (χ4v) is 2.14. The Hall–Kier alpha value is -2.67. The molecule has 0 saturated carbocycles. The van der Waals surface area contributed by atoms with Gasteiger partial charge in [0, 0.05) is 15.7 Å². The van der Waals surface area contributed by atoms with Crippen molar-refractivity contribution < 1.29 is 19.1 Å². The first-order valence-corrected chi connectivity index (χ1v) is 7.81. The molecule has 0 aliphatic carbocycles. The molecule has 0 saturated heterocycles. The van der Waals surface area contributed by atoms with Crippen molar-refractivity contribution in [3.8, 4) is 0 Å². The molecule has 2 aromatic carbocycles. The van der Waals surface area contributed by atoms with Gasteiger partial charge in [-0.1, -0.05) is 15.9 Å². The second kappa shape index (κ2) is 8.26. The molecule has 0 atom stereocenters. The van der Waals surface area contributed by atoms with Gasteiger partial charge in [0.05, 0.1) is 19.2 Å². The van der Waals surface area contributed by atoms with Gasteiger partial charge in [-0.25, -0.2) is 4.79 Å². The van der Waals surface area contributed by atoms with E-state index in [1.165, 1.54) is 7.11 Å².